The molecule has 5 aromatic rings. The lowest BCUT2D eigenvalue weighted by Crippen LogP contribution is -2.18. The quantitative estimate of drug-likeness (QED) is 0.199. The van der Waals surface area contributed by atoms with Crippen molar-refractivity contribution in [3.63, 3.8) is 0 Å². The van der Waals surface area contributed by atoms with Crippen LogP contribution in [0, 0.1) is 12.8 Å². The van der Waals surface area contributed by atoms with E-state index in [0.717, 1.165) is 65.2 Å². The van der Waals surface area contributed by atoms with Gasteiger partial charge in [0, 0.05) is 23.9 Å². The van der Waals surface area contributed by atoms with Crippen molar-refractivity contribution < 1.29 is 14.3 Å². The molecule has 6 rings (SSSR count). The van der Waals surface area contributed by atoms with E-state index in [1.54, 1.807) is 18.2 Å². The first-order valence-electron chi connectivity index (χ1n) is 14.7. The molecule has 2 aromatic heterocycles. The molecule has 2 heterocycles. The summed E-state index contributed by atoms with van der Waals surface area (Å²) in [6, 6.07) is 14.9. The van der Waals surface area contributed by atoms with Crippen LogP contribution < -0.4 is 5.32 Å². The fourth-order valence-corrected chi connectivity index (χ4v) is 6.73. The zero-order chi connectivity index (χ0) is 30.2. The molecule has 1 aliphatic carbocycles. The molecular weight excluding hydrogens is 583 g/mol. The first-order valence-corrected chi connectivity index (χ1v) is 15.5. The normalized spacial score (nSPS) is 15.3. The molecular formula is C34H34Cl2N4O3. The van der Waals surface area contributed by atoms with Gasteiger partial charge in [-0.2, -0.15) is 0 Å². The van der Waals surface area contributed by atoms with Crippen molar-refractivity contribution in [3.8, 4) is 22.6 Å². The summed E-state index contributed by atoms with van der Waals surface area (Å²) in [5, 5.41) is 13.4. The van der Waals surface area contributed by atoms with Gasteiger partial charge in [0.2, 0.25) is 5.89 Å². The van der Waals surface area contributed by atoms with Crippen LogP contribution in [-0.2, 0) is 26.5 Å². The largest absolute Gasteiger partial charge is 0.434 e. The van der Waals surface area contributed by atoms with Gasteiger partial charge >= 0.3 is 0 Å². The van der Waals surface area contributed by atoms with Crippen LogP contribution in [0.25, 0.3) is 33.7 Å². The van der Waals surface area contributed by atoms with E-state index in [4.69, 9.17) is 32.6 Å². The number of aliphatic hydroxyl groups is 1. The molecule has 0 saturated heterocycles. The highest BCUT2D eigenvalue weighted by Crippen LogP contribution is 2.39. The van der Waals surface area contributed by atoms with Crippen molar-refractivity contribution in [2.75, 3.05) is 5.32 Å². The molecule has 0 aliphatic heterocycles. The van der Waals surface area contributed by atoms with Gasteiger partial charge in [-0.05, 0) is 79.5 Å². The number of anilines is 1. The number of halogens is 2. The molecule has 0 spiro atoms. The van der Waals surface area contributed by atoms with Gasteiger partial charge in [-0.25, -0.2) is 9.97 Å². The number of aryl methyl sites for hydroxylation is 1. The number of aliphatic hydroxyl groups excluding tert-OH is 1. The van der Waals surface area contributed by atoms with E-state index in [0.29, 0.717) is 44.1 Å². The summed E-state index contributed by atoms with van der Waals surface area (Å²) in [5.74, 6) is 1.26. The Balaban J connectivity index is 1.30. The predicted octanol–water partition coefficient (Wildman–Crippen LogP) is 8.55. The van der Waals surface area contributed by atoms with Gasteiger partial charge in [-0.15, -0.1) is 0 Å². The number of carbonyl (C=O) groups excluding carboxylic acids is 1. The Morgan fingerprint density at radius 3 is 2.63 bits per heavy atom. The van der Waals surface area contributed by atoms with E-state index in [1.165, 1.54) is 12.8 Å². The molecule has 9 heteroatoms. The summed E-state index contributed by atoms with van der Waals surface area (Å²) >= 11 is 13.4. The summed E-state index contributed by atoms with van der Waals surface area (Å²) in [4.78, 5) is 22.9. The van der Waals surface area contributed by atoms with Gasteiger partial charge in [0.1, 0.15) is 5.52 Å². The minimum Gasteiger partial charge on any atom is -0.434 e. The van der Waals surface area contributed by atoms with Crippen LogP contribution in [-0.4, -0.2) is 25.5 Å². The molecule has 0 bridgehead atoms. The topological polar surface area (TPSA) is 93.2 Å². The molecule has 222 valence electrons. The number of nitrogens with one attached hydrogen (secondary N) is 1. The van der Waals surface area contributed by atoms with Crippen LogP contribution >= 0.6 is 23.2 Å². The third-order valence-electron chi connectivity index (χ3n) is 8.68. The highest BCUT2D eigenvalue weighted by molar-refractivity contribution is 6.36. The molecule has 1 aliphatic rings. The summed E-state index contributed by atoms with van der Waals surface area (Å²) < 4.78 is 8.01. The van der Waals surface area contributed by atoms with Gasteiger partial charge in [-0.3, -0.25) is 4.79 Å². The Labute approximate surface area is 260 Å². The summed E-state index contributed by atoms with van der Waals surface area (Å²) in [6.07, 6.45) is 6.44. The third kappa shape index (κ3) is 5.57. The average molecular weight is 618 g/mol. The number of aromatic nitrogens is 3. The number of fused-ring (bicyclic) bond motifs is 2. The standard InChI is InChI=1S/C34H34Cl2N4O3/c1-4-20-8-5-12-26-29(15-14-20)40(3)32(37-26)33(42)38-27-13-7-11-24(30(27)36)22-9-6-10-23(19(22)2)34-39-28-17-21(18-41)16-25(35)31(28)43-34/h6-7,9-11,13,16-17,20,41H,4-5,8,12,14-15,18H2,1-3H3,(H,38,42). The van der Waals surface area contributed by atoms with Crippen molar-refractivity contribution in [1.29, 1.82) is 0 Å². The lowest BCUT2D eigenvalue weighted by molar-refractivity contribution is 0.101. The van der Waals surface area contributed by atoms with Gasteiger partial charge in [-0.1, -0.05) is 67.2 Å². The van der Waals surface area contributed by atoms with Crippen LogP contribution in [0.3, 0.4) is 0 Å². The van der Waals surface area contributed by atoms with Crippen LogP contribution in [0.1, 0.15) is 65.7 Å². The number of carbonyl (C=O) groups is 1. The lowest BCUT2D eigenvalue weighted by Gasteiger charge is -2.18. The van der Waals surface area contributed by atoms with E-state index in [9.17, 15) is 9.90 Å². The van der Waals surface area contributed by atoms with Crippen LogP contribution in [0.4, 0.5) is 5.69 Å². The number of oxazole rings is 1. The Morgan fingerprint density at radius 1 is 1.07 bits per heavy atom. The lowest BCUT2D eigenvalue weighted by atomic mass is 9.90. The van der Waals surface area contributed by atoms with E-state index in [-0.39, 0.29) is 12.5 Å². The van der Waals surface area contributed by atoms with E-state index < -0.39 is 0 Å². The molecule has 1 unspecified atom stereocenters. The molecule has 0 saturated carbocycles. The number of amides is 1. The Morgan fingerprint density at radius 2 is 1.84 bits per heavy atom. The average Bonchev–Trinajstić information content (AvgIpc) is 3.55. The number of hydrogen-bond acceptors (Lipinski definition) is 5. The van der Waals surface area contributed by atoms with Crippen molar-refractivity contribution in [2.45, 2.75) is 59.0 Å². The molecule has 0 radical (unpaired) electrons. The molecule has 0 fully saturated rings. The molecule has 3 aromatic carbocycles. The predicted molar refractivity (Wildman–Crippen MR) is 172 cm³/mol. The summed E-state index contributed by atoms with van der Waals surface area (Å²) in [6.45, 7) is 4.10. The Bertz CT molecular complexity index is 1840. The van der Waals surface area contributed by atoms with Gasteiger partial charge in [0.05, 0.1) is 28.0 Å². The van der Waals surface area contributed by atoms with Crippen LogP contribution in [0.15, 0.2) is 52.9 Å². The second-order valence-corrected chi connectivity index (χ2v) is 12.1. The zero-order valence-electron chi connectivity index (χ0n) is 24.5. The summed E-state index contributed by atoms with van der Waals surface area (Å²) in [5.41, 5.74) is 7.76. The maximum atomic E-state index is 13.5. The Kier molecular flexibility index (Phi) is 8.32. The molecule has 1 atom stereocenters. The number of nitrogens with zero attached hydrogens (tertiary/aromatic N) is 3. The zero-order valence-corrected chi connectivity index (χ0v) is 26.0. The number of rotatable bonds is 6. The first kappa shape index (κ1) is 29.4. The van der Waals surface area contributed by atoms with Crippen molar-refractivity contribution in [3.05, 3.63) is 86.9 Å². The summed E-state index contributed by atoms with van der Waals surface area (Å²) in [7, 11) is 1.93. The molecule has 2 N–H and O–H groups in total. The van der Waals surface area contributed by atoms with E-state index in [1.807, 2.05) is 48.9 Å². The smallest absolute Gasteiger partial charge is 0.291 e. The first-order chi connectivity index (χ1) is 20.8. The Hall–Kier alpha value is -3.65. The van der Waals surface area contributed by atoms with Gasteiger partial charge < -0.3 is 19.4 Å². The van der Waals surface area contributed by atoms with Crippen molar-refractivity contribution in [1.82, 2.24) is 14.5 Å². The van der Waals surface area contributed by atoms with Crippen LogP contribution in [0.2, 0.25) is 10.0 Å². The van der Waals surface area contributed by atoms with Gasteiger partial charge in [0.25, 0.3) is 5.91 Å². The third-order valence-corrected chi connectivity index (χ3v) is 9.37. The minimum absolute atomic E-state index is 0.139. The molecule has 43 heavy (non-hydrogen) atoms. The second-order valence-electron chi connectivity index (χ2n) is 11.3. The number of imidazole rings is 1. The van der Waals surface area contributed by atoms with Gasteiger partial charge in [0.15, 0.2) is 11.4 Å². The highest BCUT2D eigenvalue weighted by atomic mass is 35.5. The molecule has 7 nitrogen and oxygen atoms in total. The maximum Gasteiger partial charge on any atom is 0.291 e. The number of hydrogen-bond donors (Lipinski definition) is 2. The fourth-order valence-electron chi connectivity index (χ4n) is 6.18. The fraction of sp³-hybridized carbons (Fsp3) is 0.324. The van der Waals surface area contributed by atoms with E-state index in [2.05, 4.69) is 17.2 Å². The van der Waals surface area contributed by atoms with Crippen molar-refractivity contribution >= 4 is 45.9 Å². The monoisotopic (exact) mass is 616 g/mol. The van der Waals surface area contributed by atoms with Crippen molar-refractivity contribution in [2.24, 2.45) is 13.0 Å². The van der Waals surface area contributed by atoms with Crippen LogP contribution in [0.5, 0.6) is 0 Å². The molecule has 1 amide bonds. The van der Waals surface area contributed by atoms with E-state index >= 15 is 0 Å². The highest BCUT2D eigenvalue weighted by Gasteiger charge is 2.24. The number of benzene rings is 3. The second kappa shape index (κ2) is 12.2. The minimum atomic E-state index is -0.281. The maximum absolute atomic E-state index is 13.5. The SMILES string of the molecule is CCC1CCCc2nc(C(=O)Nc3cccc(-c4cccc(-c5nc6cc(CO)cc(Cl)c6o5)c4C)c3Cl)n(C)c2CC1.